The van der Waals surface area contributed by atoms with Crippen LogP contribution in [0.2, 0.25) is 0 Å². The summed E-state index contributed by atoms with van der Waals surface area (Å²) >= 11 is 0. The maximum atomic E-state index is 11.5. The van der Waals surface area contributed by atoms with Gasteiger partial charge in [0.05, 0.1) is 6.61 Å². The third kappa shape index (κ3) is 2.30. The van der Waals surface area contributed by atoms with Crippen LogP contribution in [-0.4, -0.2) is 32.3 Å². The number of carbonyl (C=O) groups excluding carboxylic acids is 1. The Morgan fingerprint density at radius 2 is 2.29 bits per heavy atom. The van der Waals surface area contributed by atoms with Crippen LogP contribution in [0.1, 0.15) is 17.5 Å². The lowest BCUT2D eigenvalue weighted by molar-refractivity contribution is 0.0512. The molecule has 88 valence electrons. The smallest absolute Gasteiger partial charge is 0.378 e. The number of aromatic nitrogens is 4. The molecule has 0 bridgehead atoms. The van der Waals surface area contributed by atoms with Gasteiger partial charge in [0.2, 0.25) is 0 Å². The normalized spacial score (nSPS) is 10.2. The van der Waals surface area contributed by atoms with E-state index in [4.69, 9.17) is 4.74 Å². The van der Waals surface area contributed by atoms with E-state index < -0.39 is 5.97 Å². The van der Waals surface area contributed by atoms with Gasteiger partial charge in [0, 0.05) is 13.2 Å². The van der Waals surface area contributed by atoms with Crippen molar-refractivity contribution in [2.45, 2.75) is 6.92 Å². The van der Waals surface area contributed by atoms with Crippen LogP contribution in [0.4, 0.5) is 0 Å². The van der Waals surface area contributed by atoms with Crippen molar-refractivity contribution >= 4 is 5.97 Å². The lowest BCUT2D eigenvalue weighted by Crippen LogP contribution is -2.07. The number of ether oxygens (including phenoxy) is 1. The molecule has 0 fully saturated rings. The van der Waals surface area contributed by atoms with Crippen molar-refractivity contribution in [3.63, 3.8) is 0 Å². The zero-order valence-corrected chi connectivity index (χ0v) is 9.62. The van der Waals surface area contributed by atoms with Crippen LogP contribution in [-0.2, 0) is 11.8 Å². The highest BCUT2D eigenvalue weighted by Crippen LogP contribution is 2.13. The first-order valence-electron chi connectivity index (χ1n) is 5.22. The SMILES string of the molecule is CCOC(=O)c1nc(-c2ccccn2)n(C)n1. The van der Waals surface area contributed by atoms with Crippen LogP contribution in [0.15, 0.2) is 24.4 Å². The zero-order valence-electron chi connectivity index (χ0n) is 9.62. The molecule has 2 aromatic rings. The summed E-state index contributed by atoms with van der Waals surface area (Å²) in [6, 6.07) is 5.46. The van der Waals surface area contributed by atoms with Crippen molar-refractivity contribution in [1.82, 2.24) is 19.7 Å². The minimum Gasteiger partial charge on any atom is -0.460 e. The minimum absolute atomic E-state index is 0.0509. The molecule has 0 saturated heterocycles. The molecule has 17 heavy (non-hydrogen) atoms. The number of carbonyl (C=O) groups is 1. The Labute approximate surface area is 98.3 Å². The van der Waals surface area contributed by atoms with Crippen LogP contribution < -0.4 is 0 Å². The Balaban J connectivity index is 2.35. The van der Waals surface area contributed by atoms with Gasteiger partial charge in [-0.3, -0.25) is 4.98 Å². The first kappa shape index (κ1) is 11.3. The van der Waals surface area contributed by atoms with Gasteiger partial charge < -0.3 is 4.74 Å². The topological polar surface area (TPSA) is 69.9 Å². The first-order valence-corrected chi connectivity index (χ1v) is 5.22. The monoisotopic (exact) mass is 232 g/mol. The number of rotatable bonds is 3. The van der Waals surface area contributed by atoms with Gasteiger partial charge in [0.15, 0.2) is 5.82 Å². The van der Waals surface area contributed by atoms with E-state index in [0.717, 1.165) is 0 Å². The van der Waals surface area contributed by atoms with Gasteiger partial charge >= 0.3 is 5.97 Å². The average molecular weight is 232 g/mol. The molecule has 0 saturated carbocycles. The van der Waals surface area contributed by atoms with E-state index >= 15 is 0 Å². The molecule has 0 N–H and O–H groups in total. The molecule has 0 aliphatic rings. The predicted molar refractivity (Wildman–Crippen MR) is 60.2 cm³/mol. The highest BCUT2D eigenvalue weighted by Gasteiger charge is 2.17. The van der Waals surface area contributed by atoms with Crippen molar-refractivity contribution in [3.05, 3.63) is 30.2 Å². The molecule has 6 nitrogen and oxygen atoms in total. The molecule has 6 heteroatoms. The summed E-state index contributed by atoms with van der Waals surface area (Å²) in [4.78, 5) is 19.7. The quantitative estimate of drug-likeness (QED) is 0.740. The van der Waals surface area contributed by atoms with E-state index in [1.165, 1.54) is 4.68 Å². The van der Waals surface area contributed by atoms with Gasteiger partial charge in [0.25, 0.3) is 5.82 Å². The van der Waals surface area contributed by atoms with Gasteiger partial charge in [-0.25, -0.2) is 9.48 Å². The number of hydrogen-bond acceptors (Lipinski definition) is 5. The van der Waals surface area contributed by atoms with Gasteiger partial charge in [-0.1, -0.05) is 6.07 Å². The first-order chi connectivity index (χ1) is 8.22. The van der Waals surface area contributed by atoms with Gasteiger partial charge in [0.1, 0.15) is 5.69 Å². The summed E-state index contributed by atoms with van der Waals surface area (Å²) < 4.78 is 6.34. The van der Waals surface area contributed by atoms with Crippen molar-refractivity contribution in [2.24, 2.45) is 7.05 Å². The van der Waals surface area contributed by atoms with E-state index in [9.17, 15) is 4.79 Å². The van der Waals surface area contributed by atoms with E-state index in [0.29, 0.717) is 18.1 Å². The number of aryl methyl sites for hydroxylation is 1. The number of nitrogens with zero attached hydrogens (tertiary/aromatic N) is 4. The van der Waals surface area contributed by atoms with Crippen molar-refractivity contribution in [3.8, 4) is 11.5 Å². The second-order valence-corrected chi connectivity index (χ2v) is 3.32. The Kier molecular flexibility index (Phi) is 3.13. The second kappa shape index (κ2) is 4.73. The van der Waals surface area contributed by atoms with Crippen LogP contribution in [0.5, 0.6) is 0 Å². The molecule has 0 radical (unpaired) electrons. The summed E-state index contributed by atoms with van der Waals surface area (Å²) in [7, 11) is 1.71. The number of pyridine rings is 1. The summed E-state index contributed by atoms with van der Waals surface area (Å²) in [6.07, 6.45) is 1.66. The third-order valence-corrected chi connectivity index (χ3v) is 2.12. The highest BCUT2D eigenvalue weighted by atomic mass is 16.5. The zero-order chi connectivity index (χ0) is 12.3. The molecular weight excluding hydrogens is 220 g/mol. The molecule has 0 atom stereocenters. The van der Waals surface area contributed by atoms with Crippen LogP contribution in [0.3, 0.4) is 0 Å². The molecule has 2 rings (SSSR count). The maximum Gasteiger partial charge on any atom is 0.378 e. The van der Waals surface area contributed by atoms with Gasteiger partial charge in [-0.05, 0) is 19.1 Å². The molecule has 2 aromatic heterocycles. The van der Waals surface area contributed by atoms with Crippen LogP contribution in [0.25, 0.3) is 11.5 Å². The fraction of sp³-hybridized carbons (Fsp3) is 0.273. The van der Waals surface area contributed by atoms with Crippen molar-refractivity contribution < 1.29 is 9.53 Å². The largest absolute Gasteiger partial charge is 0.460 e. The highest BCUT2D eigenvalue weighted by molar-refractivity contribution is 5.85. The second-order valence-electron chi connectivity index (χ2n) is 3.32. The lowest BCUT2D eigenvalue weighted by atomic mass is 10.3. The van der Waals surface area contributed by atoms with Crippen LogP contribution >= 0.6 is 0 Å². The summed E-state index contributed by atoms with van der Waals surface area (Å²) in [5.41, 5.74) is 0.665. The van der Waals surface area contributed by atoms with Crippen LogP contribution in [0, 0.1) is 0 Å². The number of esters is 1. The van der Waals surface area contributed by atoms with E-state index in [1.54, 1.807) is 26.2 Å². The Bertz CT molecular complexity index is 522. The molecule has 0 spiro atoms. The molecule has 2 heterocycles. The Hall–Kier alpha value is -2.24. The molecule has 0 aromatic carbocycles. The molecule has 0 aliphatic heterocycles. The van der Waals surface area contributed by atoms with Crippen molar-refractivity contribution in [2.75, 3.05) is 6.61 Å². The van der Waals surface area contributed by atoms with Crippen molar-refractivity contribution in [1.29, 1.82) is 0 Å². The third-order valence-electron chi connectivity index (χ3n) is 2.12. The van der Waals surface area contributed by atoms with E-state index in [2.05, 4.69) is 15.1 Å². The fourth-order valence-electron chi connectivity index (χ4n) is 1.38. The number of hydrogen-bond donors (Lipinski definition) is 0. The van der Waals surface area contributed by atoms with E-state index in [-0.39, 0.29) is 5.82 Å². The Morgan fingerprint density at radius 3 is 2.94 bits per heavy atom. The molecular formula is C11H12N4O2. The molecule has 0 amide bonds. The summed E-state index contributed by atoms with van der Waals surface area (Å²) in [5.74, 6) is 0.0638. The van der Waals surface area contributed by atoms with E-state index in [1.807, 2.05) is 12.1 Å². The molecule has 0 aliphatic carbocycles. The minimum atomic E-state index is -0.523. The summed E-state index contributed by atoms with van der Waals surface area (Å²) in [6.45, 7) is 2.04. The van der Waals surface area contributed by atoms with Gasteiger partial charge in [-0.15, -0.1) is 5.10 Å². The Morgan fingerprint density at radius 1 is 1.47 bits per heavy atom. The van der Waals surface area contributed by atoms with Gasteiger partial charge in [-0.2, -0.15) is 4.98 Å². The maximum absolute atomic E-state index is 11.5. The standard InChI is InChI=1S/C11H12N4O2/c1-3-17-11(16)9-13-10(15(2)14-9)8-6-4-5-7-12-8/h4-7H,3H2,1-2H3. The summed E-state index contributed by atoms with van der Waals surface area (Å²) in [5, 5.41) is 4.00. The fourth-order valence-corrected chi connectivity index (χ4v) is 1.38. The predicted octanol–water partition coefficient (Wildman–Crippen LogP) is 1.05. The average Bonchev–Trinajstić information content (AvgIpc) is 2.73. The molecule has 0 unspecified atom stereocenters. The lowest BCUT2D eigenvalue weighted by Gasteiger charge is -1.96.